The van der Waals surface area contributed by atoms with Crippen LogP contribution in [0, 0.1) is 0 Å². The van der Waals surface area contributed by atoms with E-state index < -0.39 is 11.9 Å². The summed E-state index contributed by atoms with van der Waals surface area (Å²) < 4.78 is 5.09. The molecule has 0 spiro atoms. The van der Waals surface area contributed by atoms with Crippen molar-refractivity contribution in [1.82, 2.24) is 5.32 Å². The normalized spacial score (nSPS) is 9.52. The van der Waals surface area contributed by atoms with Crippen LogP contribution in [0.2, 0.25) is 0 Å². The molecule has 0 aliphatic heterocycles. The Balaban J connectivity index is 1.94. The number of azide groups is 1. The zero-order chi connectivity index (χ0) is 15.1. The minimum atomic E-state index is -0.758. The van der Waals surface area contributed by atoms with Gasteiger partial charge in [0, 0.05) is 10.6 Å². The molecule has 0 fully saturated rings. The van der Waals surface area contributed by atoms with Crippen molar-refractivity contribution in [2.24, 2.45) is 5.11 Å². The van der Waals surface area contributed by atoms with E-state index in [1.807, 2.05) is 6.07 Å². The van der Waals surface area contributed by atoms with Crippen LogP contribution in [0.1, 0.15) is 16.1 Å². The number of carbonyl (C=O) groups excluding carboxylic acids is 2. The number of hydrogen-bond donors (Lipinski definition) is 2. The van der Waals surface area contributed by atoms with Gasteiger partial charge in [-0.15, -0.1) is 0 Å². The standard InChI is InChI=1S/C13H11N5O3/c14-18-17-12(19)10-6-7-21-11(10)8-15-13(20)16-9-4-2-1-3-5-9/h1-7H,8H2,(H2,15,16,20). The van der Waals surface area contributed by atoms with E-state index in [-0.39, 0.29) is 17.9 Å². The Hall–Kier alpha value is -3.25. The molecule has 3 amide bonds. The number of benzene rings is 1. The Morgan fingerprint density at radius 1 is 1.24 bits per heavy atom. The minimum absolute atomic E-state index is 0.00626. The molecular formula is C13H11N5O3. The molecule has 0 unspecified atom stereocenters. The molecule has 21 heavy (non-hydrogen) atoms. The lowest BCUT2D eigenvalue weighted by Gasteiger charge is -2.06. The fraction of sp³-hybridized carbons (Fsp3) is 0.0769. The van der Waals surface area contributed by atoms with Crippen LogP contribution in [0.4, 0.5) is 10.5 Å². The molecule has 106 valence electrons. The number of nitrogens with zero attached hydrogens (tertiary/aromatic N) is 3. The van der Waals surface area contributed by atoms with Crippen LogP contribution in [0.5, 0.6) is 0 Å². The lowest BCUT2D eigenvalue weighted by Crippen LogP contribution is -2.28. The van der Waals surface area contributed by atoms with E-state index in [0.717, 1.165) is 0 Å². The smallest absolute Gasteiger partial charge is 0.319 e. The third-order valence-corrected chi connectivity index (χ3v) is 2.55. The molecule has 0 aliphatic rings. The van der Waals surface area contributed by atoms with E-state index in [0.29, 0.717) is 5.69 Å². The SMILES string of the molecule is [N-]=[N+]=NC(=O)c1ccoc1CNC(=O)Nc1ccccc1. The van der Waals surface area contributed by atoms with Crippen LogP contribution in [-0.2, 0) is 6.54 Å². The van der Waals surface area contributed by atoms with E-state index in [1.54, 1.807) is 24.3 Å². The van der Waals surface area contributed by atoms with E-state index in [2.05, 4.69) is 20.7 Å². The van der Waals surface area contributed by atoms with Gasteiger partial charge in [-0.25, -0.2) is 4.79 Å². The first kappa shape index (κ1) is 14.2. The Morgan fingerprint density at radius 2 is 2.00 bits per heavy atom. The first-order chi connectivity index (χ1) is 10.2. The molecule has 2 aromatic rings. The summed E-state index contributed by atoms with van der Waals surface area (Å²) in [6, 6.07) is 9.83. The summed E-state index contributed by atoms with van der Waals surface area (Å²) in [4.78, 5) is 25.6. The summed E-state index contributed by atoms with van der Waals surface area (Å²) in [6.45, 7) is -0.00626. The molecule has 0 bridgehead atoms. The second kappa shape index (κ2) is 6.78. The van der Waals surface area contributed by atoms with Crippen molar-refractivity contribution in [3.63, 3.8) is 0 Å². The van der Waals surface area contributed by atoms with Gasteiger partial charge in [0.15, 0.2) is 0 Å². The Kier molecular flexibility index (Phi) is 4.58. The van der Waals surface area contributed by atoms with Crippen LogP contribution < -0.4 is 10.6 Å². The highest BCUT2D eigenvalue weighted by atomic mass is 16.3. The summed E-state index contributed by atoms with van der Waals surface area (Å²) in [7, 11) is 0. The molecule has 0 aliphatic carbocycles. The third-order valence-electron chi connectivity index (χ3n) is 2.55. The second-order valence-electron chi connectivity index (χ2n) is 3.93. The van der Waals surface area contributed by atoms with Crippen LogP contribution >= 0.6 is 0 Å². The van der Waals surface area contributed by atoms with Gasteiger partial charge in [-0.3, -0.25) is 4.79 Å². The van der Waals surface area contributed by atoms with Gasteiger partial charge in [-0.1, -0.05) is 18.2 Å². The molecule has 0 radical (unpaired) electrons. The van der Waals surface area contributed by atoms with Gasteiger partial charge in [0.25, 0.3) is 5.91 Å². The van der Waals surface area contributed by atoms with Crippen molar-refractivity contribution in [3.05, 3.63) is 64.4 Å². The number of carbonyl (C=O) groups is 2. The predicted octanol–water partition coefficient (Wildman–Crippen LogP) is 3.05. The molecule has 0 saturated heterocycles. The van der Waals surface area contributed by atoms with Gasteiger partial charge in [0.1, 0.15) is 5.76 Å². The maximum absolute atomic E-state index is 11.7. The fourth-order valence-electron chi connectivity index (χ4n) is 1.62. The molecule has 1 heterocycles. The quantitative estimate of drug-likeness (QED) is 0.510. The Bertz CT molecular complexity index is 689. The van der Waals surface area contributed by atoms with E-state index in [1.165, 1.54) is 12.3 Å². The maximum Gasteiger partial charge on any atom is 0.319 e. The van der Waals surface area contributed by atoms with Crippen molar-refractivity contribution < 1.29 is 14.0 Å². The highest BCUT2D eigenvalue weighted by molar-refractivity contribution is 5.96. The van der Waals surface area contributed by atoms with E-state index in [4.69, 9.17) is 9.95 Å². The van der Waals surface area contributed by atoms with Crippen molar-refractivity contribution in [2.45, 2.75) is 6.54 Å². The maximum atomic E-state index is 11.7. The third kappa shape index (κ3) is 3.85. The van der Waals surface area contributed by atoms with Gasteiger partial charge in [-0.2, -0.15) is 0 Å². The number of para-hydroxylation sites is 1. The zero-order valence-electron chi connectivity index (χ0n) is 10.8. The van der Waals surface area contributed by atoms with Gasteiger partial charge < -0.3 is 15.1 Å². The highest BCUT2D eigenvalue weighted by Gasteiger charge is 2.13. The fourth-order valence-corrected chi connectivity index (χ4v) is 1.62. The number of anilines is 1. The second-order valence-corrected chi connectivity index (χ2v) is 3.93. The van der Waals surface area contributed by atoms with E-state index in [9.17, 15) is 9.59 Å². The molecule has 1 aromatic carbocycles. The number of nitrogens with one attached hydrogen (secondary N) is 2. The summed E-state index contributed by atoms with van der Waals surface area (Å²) in [5.41, 5.74) is 8.99. The summed E-state index contributed by atoms with van der Waals surface area (Å²) in [6.07, 6.45) is 1.28. The molecule has 8 heteroatoms. The van der Waals surface area contributed by atoms with Crippen LogP contribution in [0.25, 0.3) is 10.4 Å². The van der Waals surface area contributed by atoms with Crippen molar-refractivity contribution in [3.8, 4) is 0 Å². The summed E-state index contributed by atoms with van der Waals surface area (Å²) in [5, 5.41) is 8.14. The molecule has 2 N–H and O–H groups in total. The Morgan fingerprint density at radius 3 is 2.71 bits per heavy atom. The first-order valence-electron chi connectivity index (χ1n) is 5.96. The summed E-state index contributed by atoms with van der Waals surface area (Å²) in [5.74, 6) is -0.540. The van der Waals surface area contributed by atoms with Crippen molar-refractivity contribution >= 4 is 17.6 Å². The first-order valence-corrected chi connectivity index (χ1v) is 5.96. The monoisotopic (exact) mass is 285 g/mol. The number of urea groups is 1. The van der Waals surface area contributed by atoms with Crippen LogP contribution in [0.3, 0.4) is 0 Å². The lowest BCUT2D eigenvalue weighted by atomic mass is 10.2. The summed E-state index contributed by atoms with van der Waals surface area (Å²) >= 11 is 0. The minimum Gasteiger partial charge on any atom is -0.467 e. The molecule has 1 aromatic heterocycles. The van der Waals surface area contributed by atoms with Gasteiger partial charge >= 0.3 is 6.03 Å². The molecule has 8 nitrogen and oxygen atoms in total. The van der Waals surface area contributed by atoms with Crippen LogP contribution in [-0.4, -0.2) is 11.9 Å². The number of furan rings is 1. The number of rotatable bonds is 4. The van der Waals surface area contributed by atoms with Crippen molar-refractivity contribution in [2.75, 3.05) is 5.32 Å². The molecule has 2 rings (SSSR count). The highest BCUT2D eigenvalue weighted by Crippen LogP contribution is 2.12. The van der Waals surface area contributed by atoms with Crippen LogP contribution in [0.15, 0.2) is 52.2 Å². The number of amides is 3. The average molecular weight is 285 g/mol. The zero-order valence-corrected chi connectivity index (χ0v) is 10.8. The largest absolute Gasteiger partial charge is 0.467 e. The lowest BCUT2D eigenvalue weighted by molar-refractivity contribution is 0.0998. The molecular weight excluding hydrogens is 274 g/mol. The molecule has 0 atom stereocenters. The predicted molar refractivity (Wildman–Crippen MR) is 74.5 cm³/mol. The topological polar surface area (TPSA) is 120 Å². The van der Waals surface area contributed by atoms with Gasteiger partial charge in [-0.05, 0) is 28.8 Å². The van der Waals surface area contributed by atoms with Gasteiger partial charge in [0.2, 0.25) is 0 Å². The van der Waals surface area contributed by atoms with E-state index >= 15 is 0 Å². The van der Waals surface area contributed by atoms with Crippen molar-refractivity contribution in [1.29, 1.82) is 0 Å². The Labute approximate surface area is 119 Å². The average Bonchev–Trinajstić information content (AvgIpc) is 2.95. The van der Waals surface area contributed by atoms with Gasteiger partial charge in [0.05, 0.1) is 18.4 Å². The molecule has 0 saturated carbocycles. The number of hydrogen-bond acceptors (Lipinski definition) is 3.